The lowest BCUT2D eigenvalue weighted by Gasteiger charge is -2.13. The van der Waals surface area contributed by atoms with Crippen molar-refractivity contribution in [1.82, 2.24) is 5.32 Å². The first-order valence-electron chi connectivity index (χ1n) is 6.15. The number of benzene rings is 1. The van der Waals surface area contributed by atoms with E-state index in [4.69, 9.17) is 5.26 Å². The number of thioether (sulfide) groups is 1. The molecule has 94 valence electrons. The summed E-state index contributed by atoms with van der Waals surface area (Å²) in [6.45, 7) is 0.675. The maximum Gasteiger partial charge on any atom is 0.241 e. The molecule has 2 atom stereocenters. The summed E-state index contributed by atoms with van der Waals surface area (Å²) in [5.41, 5.74) is 0.761. The van der Waals surface area contributed by atoms with Crippen LogP contribution < -0.4 is 5.32 Å². The highest BCUT2D eigenvalue weighted by Crippen LogP contribution is 2.25. The summed E-state index contributed by atoms with van der Waals surface area (Å²) < 4.78 is 0. The van der Waals surface area contributed by atoms with Crippen LogP contribution >= 0.6 is 11.8 Å². The summed E-state index contributed by atoms with van der Waals surface area (Å²) >= 11 is 1.90. The minimum Gasteiger partial charge on any atom is -0.354 e. The van der Waals surface area contributed by atoms with Crippen LogP contribution in [0.15, 0.2) is 30.3 Å². The van der Waals surface area contributed by atoms with Crippen LogP contribution in [0.1, 0.15) is 24.3 Å². The van der Waals surface area contributed by atoms with E-state index in [0.717, 1.165) is 12.0 Å². The van der Waals surface area contributed by atoms with E-state index in [9.17, 15) is 4.79 Å². The second-order valence-corrected chi connectivity index (χ2v) is 5.76. The van der Waals surface area contributed by atoms with Gasteiger partial charge in [-0.1, -0.05) is 30.3 Å². The molecule has 0 bridgehead atoms. The van der Waals surface area contributed by atoms with E-state index in [1.165, 1.54) is 12.2 Å². The Hall–Kier alpha value is -1.47. The molecule has 2 rings (SSSR count). The summed E-state index contributed by atoms with van der Waals surface area (Å²) in [6, 6.07) is 11.3. The van der Waals surface area contributed by atoms with Crippen LogP contribution in [-0.2, 0) is 4.79 Å². The maximum absolute atomic E-state index is 12.0. The Morgan fingerprint density at radius 2 is 2.28 bits per heavy atom. The Balaban J connectivity index is 1.92. The molecule has 0 spiro atoms. The summed E-state index contributed by atoms with van der Waals surface area (Å²) in [7, 11) is 0. The molecule has 1 amide bonds. The van der Waals surface area contributed by atoms with Crippen LogP contribution in [-0.4, -0.2) is 23.5 Å². The van der Waals surface area contributed by atoms with E-state index >= 15 is 0 Å². The molecule has 1 heterocycles. The molecule has 0 radical (unpaired) electrons. The van der Waals surface area contributed by atoms with Crippen molar-refractivity contribution in [3.05, 3.63) is 35.9 Å². The van der Waals surface area contributed by atoms with Crippen molar-refractivity contribution in [2.24, 2.45) is 0 Å². The van der Waals surface area contributed by atoms with Gasteiger partial charge in [-0.25, -0.2) is 0 Å². The van der Waals surface area contributed by atoms with Gasteiger partial charge >= 0.3 is 0 Å². The lowest BCUT2D eigenvalue weighted by Crippen LogP contribution is -2.33. The normalized spacial score (nSPS) is 20.1. The third kappa shape index (κ3) is 3.27. The third-order valence-electron chi connectivity index (χ3n) is 3.05. The fraction of sp³-hybridized carbons (Fsp3) is 0.429. The molecule has 4 heteroatoms. The van der Waals surface area contributed by atoms with Crippen LogP contribution in [0, 0.1) is 11.3 Å². The number of hydrogen-bond donors (Lipinski definition) is 1. The van der Waals surface area contributed by atoms with Crippen molar-refractivity contribution in [2.45, 2.75) is 24.0 Å². The number of hydrogen-bond acceptors (Lipinski definition) is 3. The fourth-order valence-electron chi connectivity index (χ4n) is 2.05. The maximum atomic E-state index is 12.0. The molecular formula is C14H16N2OS. The number of rotatable bonds is 4. The van der Waals surface area contributed by atoms with Crippen molar-refractivity contribution >= 4 is 17.7 Å². The summed E-state index contributed by atoms with van der Waals surface area (Å²) in [6.07, 6.45) is 2.39. The van der Waals surface area contributed by atoms with E-state index in [1.807, 2.05) is 42.1 Å². The lowest BCUT2D eigenvalue weighted by molar-refractivity contribution is -0.121. The summed E-state index contributed by atoms with van der Waals surface area (Å²) in [4.78, 5) is 12.0. The van der Waals surface area contributed by atoms with Gasteiger partial charge in [-0.2, -0.15) is 17.0 Å². The van der Waals surface area contributed by atoms with Gasteiger partial charge in [0.25, 0.3) is 0 Å². The molecule has 1 aromatic rings. The van der Waals surface area contributed by atoms with Gasteiger partial charge in [-0.15, -0.1) is 0 Å². The first kappa shape index (κ1) is 13.0. The van der Waals surface area contributed by atoms with Gasteiger partial charge in [-0.3, -0.25) is 4.79 Å². The molecule has 3 nitrogen and oxygen atoms in total. The van der Waals surface area contributed by atoms with Crippen LogP contribution in [0.2, 0.25) is 0 Å². The SMILES string of the molecule is N#CC(C(=O)NCC1CCCS1)c1ccccc1. The molecule has 2 unspecified atom stereocenters. The average molecular weight is 260 g/mol. The molecule has 1 aliphatic rings. The second kappa shape index (κ2) is 6.46. The average Bonchev–Trinajstić information content (AvgIpc) is 2.92. The van der Waals surface area contributed by atoms with Crippen LogP contribution in [0.4, 0.5) is 0 Å². The predicted octanol–water partition coefficient (Wildman–Crippen LogP) is 2.31. The van der Waals surface area contributed by atoms with E-state index in [-0.39, 0.29) is 5.91 Å². The van der Waals surface area contributed by atoms with Gasteiger partial charge in [0.1, 0.15) is 5.92 Å². The minimum absolute atomic E-state index is 0.184. The monoisotopic (exact) mass is 260 g/mol. The van der Waals surface area contributed by atoms with Gasteiger partial charge in [0, 0.05) is 11.8 Å². The molecule has 1 fully saturated rings. The van der Waals surface area contributed by atoms with Crippen molar-refractivity contribution in [1.29, 1.82) is 5.26 Å². The lowest BCUT2D eigenvalue weighted by atomic mass is 10.00. The minimum atomic E-state index is -0.697. The number of nitrogens with zero attached hydrogens (tertiary/aromatic N) is 1. The van der Waals surface area contributed by atoms with E-state index in [0.29, 0.717) is 11.8 Å². The largest absolute Gasteiger partial charge is 0.354 e. The zero-order valence-electron chi connectivity index (χ0n) is 10.1. The van der Waals surface area contributed by atoms with Crippen molar-refractivity contribution in [3.8, 4) is 6.07 Å². The predicted molar refractivity (Wildman–Crippen MR) is 73.3 cm³/mol. The molecule has 0 saturated carbocycles. The Kier molecular flexibility index (Phi) is 4.66. The van der Waals surface area contributed by atoms with Gasteiger partial charge < -0.3 is 5.32 Å². The second-order valence-electron chi connectivity index (χ2n) is 4.35. The van der Waals surface area contributed by atoms with Crippen LogP contribution in [0.3, 0.4) is 0 Å². The van der Waals surface area contributed by atoms with Crippen molar-refractivity contribution in [2.75, 3.05) is 12.3 Å². The first-order valence-corrected chi connectivity index (χ1v) is 7.20. The quantitative estimate of drug-likeness (QED) is 0.903. The number of nitriles is 1. The number of nitrogens with one attached hydrogen (secondary N) is 1. The molecule has 1 saturated heterocycles. The Morgan fingerprint density at radius 3 is 2.89 bits per heavy atom. The topological polar surface area (TPSA) is 52.9 Å². The summed E-state index contributed by atoms with van der Waals surface area (Å²) in [5.74, 6) is 0.301. The molecule has 18 heavy (non-hydrogen) atoms. The standard InChI is InChI=1S/C14H16N2OS/c15-9-13(11-5-2-1-3-6-11)14(17)16-10-12-7-4-8-18-12/h1-3,5-6,12-13H,4,7-8,10H2,(H,16,17). The third-order valence-corrected chi connectivity index (χ3v) is 4.45. The molecular weight excluding hydrogens is 244 g/mol. The highest BCUT2D eigenvalue weighted by atomic mass is 32.2. The van der Waals surface area contributed by atoms with E-state index in [1.54, 1.807) is 0 Å². The molecule has 0 aromatic heterocycles. The smallest absolute Gasteiger partial charge is 0.241 e. The first-order chi connectivity index (χ1) is 8.81. The summed E-state index contributed by atoms with van der Waals surface area (Å²) in [5, 5.41) is 12.5. The van der Waals surface area contributed by atoms with Gasteiger partial charge in [0.05, 0.1) is 6.07 Å². The zero-order valence-corrected chi connectivity index (χ0v) is 11.0. The molecule has 1 aliphatic heterocycles. The fourth-order valence-corrected chi connectivity index (χ4v) is 3.25. The zero-order chi connectivity index (χ0) is 12.8. The van der Waals surface area contributed by atoms with Gasteiger partial charge in [-0.05, 0) is 24.2 Å². The van der Waals surface area contributed by atoms with E-state index < -0.39 is 5.92 Å². The molecule has 1 N–H and O–H groups in total. The number of carbonyl (C=O) groups excluding carboxylic acids is 1. The Bertz CT molecular complexity index is 435. The molecule has 0 aliphatic carbocycles. The van der Waals surface area contributed by atoms with E-state index in [2.05, 4.69) is 11.4 Å². The van der Waals surface area contributed by atoms with Crippen molar-refractivity contribution < 1.29 is 4.79 Å². The highest BCUT2D eigenvalue weighted by molar-refractivity contribution is 8.00. The molecule has 1 aromatic carbocycles. The Labute approximate surface area is 112 Å². The number of amides is 1. The number of carbonyl (C=O) groups is 1. The van der Waals surface area contributed by atoms with Gasteiger partial charge in [0.2, 0.25) is 5.91 Å². The Morgan fingerprint density at radius 1 is 1.50 bits per heavy atom. The van der Waals surface area contributed by atoms with Crippen LogP contribution in [0.5, 0.6) is 0 Å². The van der Waals surface area contributed by atoms with Crippen LogP contribution in [0.25, 0.3) is 0 Å². The highest BCUT2D eigenvalue weighted by Gasteiger charge is 2.22. The van der Waals surface area contributed by atoms with Gasteiger partial charge in [0.15, 0.2) is 0 Å². The van der Waals surface area contributed by atoms with Crippen molar-refractivity contribution in [3.63, 3.8) is 0 Å².